The van der Waals surface area contributed by atoms with E-state index in [0.717, 1.165) is 29.9 Å². The third kappa shape index (κ3) is 3.83. The highest BCUT2D eigenvalue weighted by molar-refractivity contribution is 7.90. The molecule has 4 rings (SSSR count). The van der Waals surface area contributed by atoms with Gasteiger partial charge >= 0.3 is 0 Å². The third-order valence-electron chi connectivity index (χ3n) is 4.83. The molecule has 0 atom stereocenters. The van der Waals surface area contributed by atoms with Crippen molar-refractivity contribution in [3.05, 3.63) is 48.3 Å². The Labute approximate surface area is 170 Å². The smallest absolute Gasteiger partial charge is 0.268 e. The molecule has 0 radical (unpaired) electrons. The van der Waals surface area contributed by atoms with Crippen LogP contribution in [0.3, 0.4) is 0 Å². The molecule has 0 amide bonds. The molecule has 29 heavy (non-hydrogen) atoms. The SMILES string of the molecule is C=O.CNCCc1cn(S(=O)(=O)c2ccc3c(c2)N(C)CCO3)c2cccnc12. The van der Waals surface area contributed by atoms with E-state index in [-0.39, 0.29) is 4.90 Å². The van der Waals surface area contributed by atoms with Crippen molar-refractivity contribution >= 4 is 33.5 Å². The maximum Gasteiger partial charge on any atom is 0.268 e. The first-order chi connectivity index (χ1) is 14.0. The molecule has 3 aromatic rings. The summed E-state index contributed by atoms with van der Waals surface area (Å²) in [5.41, 5.74) is 3.00. The molecule has 1 aliphatic rings. The van der Waals surface area contributed by atoms with Gasteiger partial charge in [-0.3, -0.25) is 4.98 Å². The molecule has 8 nitrogen and oxygen atoms in total. The van der Waals surface area contributed by atoms with Gasteiger partial charge in [-0.15, -0.1) is 0 Å². The number of pyridine rings is 1. The van der Waals surface area contributed by atoms with Crippen LogP contribution in [-0.4, -0.2) is 58.0 Å². The minimum absolute atomic E-state index is 0.236. The summed E-state index contributed by atoms with van der Waals surface area (Å²) in [5, 5.41) is 3.09. The second kappa shape index (κ2) is 8.62. The number of carbonyl (C=O) groups is 1. The maximum absolute atomic E-state index is 13.4. The first-order valence-electron chi connectivity index (χ1n) is 9.14. The predicted octanol–water partition coefficient (Wildman–Crippen LogP) is 1.68. The molecule has 154 valence electrons. The number of benzene rings is 1. The molecule has 0 saturated carbocycles. The predicted molar refractivity (Wildman–Crippen MR) is 112 cm³/mol. The normalized spacial score (nSPS) is 13.4. The van der Waals surface area contributed by atoms with E-state index in [1.54, 1.807) is 42.7 Å². The molecular formula is C20H24N4O4S. The quantitative estimate of drug-likeness (QED) is 0.676. The van der Waals surface area contributed by atoms with Crippen LogP contribution in [0, 0.1) is 0 Å². The Hall–Kier alpha value is -2.91. The highest BCUT2D eigenvalue weighted by atomic mass is 32.2. The van der Waals surface area contributed by atoms with E-state index in [1.807, 2.05) is 25.8 Å². The second-order valence-electron chi connectivity index (χ2n) is 6.58. The van der Waals surface area contributed by atoms with Gasteiger partial charge in [-0.2, -0.15) is 0 Å². The van der Waals surface area contributed by atoms with Gasteiger partial charge in [0, 0.05) is 19.4 Å². The van der Waals surface area contributed by atoms with Crippen molar-refractivity contribution in [2.45, 2.75) is 11.3 Å². The molecule has 0 fully saturated rings. The van der Waals surface area contributed by atoms with Crippen LogP contribution in [0.1, 0.15) is 5.56 Å². The first-order valence-corrected chi connectivity index (χ1v) is 10.6. The van der Waals surface area contributed by atoms with Gasteiger partial charge in [0.15, 0.2) is 0 Å². The van der Waals surface area contributed by atoms with Gasteiger partial charge in [0.2, 0.25) is 0 Å². The minimum Gasteiger partial charge on any atom is -0.490 e. The first kappa shape index (κ1) is 20.8. The number of carbonyl (C=O) groups excluding carboxylic acids is 1. The molecule has 9 heteroatoms. The number of nitrogens with one attached hydrogen (secondary N) is 1. The Kier molecular flexibility index (Phi) is 6.19. The number of hydrogen-bond acceptors (Lipinski definition) is 7. The molecule has 0 bridgehead atoms. The van der Waals surface area contributed by atoms with E-state index in [0.29, 0.717) is 24.3 Å². The van der Waals surface area contributed by atoms with Crippen molar-refractivity contribution in [1.82, 2.24) is 14.3 Å². The van der Waals surface area contributed by atoms with Crippen LogP contribution >= 0.6 is 0 Å². The van der Waals surface area contributed by atoms with Crippen LogP contribution in [0.5, 0.6) is 5.75 Å². The van der Waals surface area contributed by atoms with Crippen molar-refractivity contribution in [2.75, 3.05) is 38.7 Å². The summed E-state index contributed by atoms with van der Waals surface area (Å²) >= 11 is 0. The van der Waals surface area contributed by atoms with Gasteiger partial charge in [-0.1, -0.05) is 0 Å². The summed E-state index contributed by atoms with van der Waals surface area (Å²) in [7, 11) is 0.0506. The molecular weight excluding hydrogens is 392 g/mol. The Morgan fingerprint density at radius 1 is 1.28 bits per heavy atom. The standard InChI is InChI=1S/C19H22N4O3S.CH2O/c1-20-9-7-14-13-23(16-4-3-8-21-19(14)16)27(24,25)15-5-6-18-17(12-15)22(2)10-11-26-18;1-2/h3-6,8,12-13,20H,7,9-11H2,1-2H3;1H2. The fourth-order valence-electron chi connectivity index (χ4n) is 3.34. The summed E-state index contributed by atoms with van der Waals surface area (Å²) in [6, 6.07) is 8.55. The zero-order valence-electron chi connectivity index (χ0n) is 16.5. The van der Waals surface area contributed by atoms with Gasteiger partial charge in [0.1, 0.15) is 19.1 Å². The van der Waals surface area contributed by atoms with Gasteiger partial charge in [0.25, 0.3) is 10.0 Å². The maximum atomic E-state index is 13.4. The van der Waals surface area contributed by atoms with Gasteiger partial charge < -0.3 is 19.7 Å². The monoisotopic (exact) mass is 416 g/mol. The molecule has 1 N–H and O–H groups in total. The number of likely N-dealkylation sites (N-methyl/N-ethyl adjacent to an activating group) is 2. The number of rotatable bonds is 5. The molecule has 1 aliphatic heterocycles. The number of ether oxygens (including phenoxy) is 1. The van der Waals surface area contributed by atoms with E-state index in [1.165, 1.54) is 3.97 Å². The molecule has 0 saturated heterocycles. The van der Waals surface area contributed by atoms with E-state index in [4.69, 9.17) is 9.53 Å². The third-order valence-corrected chi connectivity index (χ3v) is 6.50. The average Bonchev–Trinajstić information content (AvgIpc) is 3.13. The summed E-state index contributed by atoms with van der Waals surface area (Å²) in [6.45, 7) is 4.07. The Morgan fingerprint density at radius 3 is 2.83 bits per heavy atom. The van der Waals surface area contributed by atoms with Crippen LogP contribution in [-0.2, 0) is 21.2 Å². The Bertz CT molecular complexity index is 1110. The fraction of sp³-hybridized carbons (Fsp3) is 0.300. The van der Waals surface area contributed by atoms with Crippen molar-refractivity contribution < 1.29 is 17.9 Å². The number of aromatic nitrogens is 2. The van der Waals surface area contributed by atoms with E-state index < -0.39 is 10.0 Å². The van der Waals surface area contributed by atoms with Gasteiger partial charge in [-0.05, 0) is 55.9 Å². The number of nitrogens with zero attached hydrogens (tertiary/aromatic N) is 3. The van der Waals surface area contributed by atoms with Crippen molar-refractivity contribution in [1.29, 1.82) is 0 Å². The number of hydrogen-bond donors (Lipinski definition) is 1. The number of anilines is 1. The van der Waals surface area contributed by atoms with Crippen molar-refractivity contribution in [2.24, 2.45) is 0 Å². The highest BCUT2D eigenvalue weighted by Crippen LogP contribution is 2.34. The lowest BCUT2D eigenvalue weighted by atomic mass is 10.2. The largest absolute Gasteiger partial charge is 0.490 e. The molecule has 0 aliphatic carbocycles. The summed E-state index contributed by atoms with van der Waals surface area (Å²) < 4.78 is 33.7. The lowest BCUT2D eigenvalue weighted by Gasteiger charge is -2.28. The van der Waals surface area contributed by atoms with Crippen LogP contribution in [0.25, 0.3) is 11.0 Å². The average molecular weight is 417 g/mol. The molecule has 0 unspecified atom stereocenters. The summed E-state index contributed by atoms with van der Waals surface area (Å²) in [6.07, 6.45) is 4.07. The van der Waals surface area contributed by atoms with Gasteiger partial charge in [0.05, 0.1) is 28.2 Å². The van der Waals surface area contributed by atoms with E-state index >= 15 is 0 Å². The molecule has 2 aromatic heterocycles. The molecule has 0 spiro atoms. The van der Waals surface area contributed by atoms with Crippen LogP contribution < -0.4 is 15.0 Å². The lowest BCUT2D eigenvalue weighted by Crippen LogP contribution is -2.29. The summed E-state index contributed by atoms with van der Waals surface area (Å²) in [4.78, 5) is 14.6. The van der Waals surface area contributed by atoms with Crippen molar-refractivity contribution in [3.63, 3.8) is 0 Å². The Balaban J connectivity index is 0.00000117. The fourth-order valence-corrected chi connectivity index (χ4v) is 4.74. The van der Waals surface area contributed by atoms with E-state index in [9.17, 15) is 8.42 Å². The number of fused-ring (bicyclic) bond motifs is 2. The van der Waals surface area contributed by atoms with Crippen LogP contribution in [0.2, 0.25) is 0 Å². The van der Waals surface area contributed by atoms with Crippen LogP contribution in [0.4, 0.5) is 5.69 Å². The lowest BCUT2D eigenvalue weighted by molar-refractivity contribution is -0.0979. The minimum atomic E-state index is -3.75. The van der Waals surface area contributed by atoms with E-state index in [2.05, 4.69) is 10.3 Å². The van der Waals surface area contributed by atoms with Crippen molar-refractivity contribution in [3.8, 4) is 5.75 Å². The molecule has 3 heterocycles. The zero-order valence-corrected chi connectivity index (χ0v) is 17.3. The zero-order chi connectivity index (χ0) is 21.0. The Morgan fingerprint density at radius 2 is 2.07 bits per heavy atom. The van der Waals surface area contributed by atoms with Gasteiger partial charge in [-0.25, -0.2) is 12.4 Å². The van der Waals surface area contributed by atoms with Crippen LogP contribution in [0.15, 0.2) is 47.6 Å². The topological polar surface area (TPSA) is 93.5 Å². The summed E-state index contributed by atoms with van der Waals surface area (Å²) in [5.74, 6) is 0.705. The second-order valence-corrected chi connectivity index (χ2v) is 8.39. The molecule has 1 aromatic carbocycles. The highest BCUT2D eigenvalue weighted by Gasteiger charge is 2.24.